The Labute approximate surface area is 157 Å². The van der Waals surface area contributed by atoms with Gasteiger partial charge in [0.25, 0.3) is 11.9 Å². The van der Waals surface area contributed by atoms with E-state index in [1.165, 1.54) is 4.52 Å². The van der Waals surface area contributed by atoms with Crippen molar-refractivity contribution in [2.75, 3.05) is 18.4 Å². The van der Waals surface area contributed by atoms with Gasteiger partial charge >= 0.3 is 6.03 Å². The molecular weight excluding hydrogens is 344 g/mol. The molecule has 0 saturated heterocycles. The van der Waals surface area contributed by atoms with Gasteiger partial charge in [-0.15, -0.1) is 5.10 Å². The molecule has 8 heteroatoms. The summed E-state index contributed by atoms with van der Waals surface area (Å²) < 4.78 is 1.44. The lowest BCUT2D eigenvalue weighted by atomic mass is 10.0. The maximum Gasteiger partial charge on any atom is 0.321 e. The van der Waals surface area contributed by atoms with E-state index in [1.807, 2.05) is 51.1 Å². The molecule has 3 rings (SSSR count). The van der Waals surface area contributed by atoms with Crippen molar-refractivity contribution in [3.8, 4) is 11.1 Å². The van der Waals surface area contributed by atoms with E-state index in [9.17, 15) is 9.59 Å². The van der Waals surface area contributed by atoms with Gasteiger partial charge in [0.05, 0.1) is 0 Å². The topological polar surface area (TPSA) is 100 Å². The molecule has 0 aliphatic rings. The first-order chi connectivity index (χ1) is 13.0. The fourth-order valence-corrected chi connectivity index (χ4v) is 2.81. The molecule has 3 amide bonds. The van der Waals surface area contributed by atoms with Gasteiger partial charge in [-0.2, -0.15) is 4.98 Å². The van der Waals surface area contributed by atoms with Gasteiger partial charge in [-0.05, 0) is 49.6 Å². The number of amides is 3. The van der Waals surface area contributed by atoms with E-state index in [-0.39, 0.29) is 11.9 Å². The van der Waals surface area contributed by atoms with E-state index < -0.39 is 6.03 Å². The standard InChI is InChI=1S/C19H22N6O2/c1-4-20-17(26)15-10-13(14-9-7-6-8-12(14)3)11-16-22-18(24-25(15)16)23-19(27)21-5-2/h6-11H,4-5H2,1-3H3,(H,20,26)(H2,21,23,24,27). The van der Waals surface area contributed by atoms with Crippen molar-refractivity contribution in [2.24, 2.45) is 0 Å². The lowest BCUT2D eigenvalue weighted by molar-refractivity contribution is 0.0948. The van der Waals surface area contributed by atoms with Crippen LogP contribution in [0.2, 0.25) is 0 Å². The Morgan fingerprint density at radius 3 is 2.52 bits per heavy atom. The molecule has 0 radical (unpaired) electrons. The van der Waals surface area contributed by atoms with E-state index in [0.717, 1.165) is 16.7 Å². The number of hydrogen-bond acceptors (Lipinski definition) is 4. The van der Waals surface area contributed by atoms with Crippen LogP contribution >= 0.6 is 0 Å². The number of rotatable bonds is 5. The maximum atomic E-state index is 12.6. The molecule has 0 aliphatic heterocycles. The number of benzene rings is 1. The van der Waals surface area contributed by atoms with E-state index in [1.54, 1.807) is 6.07 Å². The summed E-state index contributed by atoms with van der Waals surface area (Å²) in [5.41, 5.74) is 3.78. The molecule has 0 spiro atoms. The van der Waals surface area contributed by atoms with Crippen molar-refractivity contribution in [3.63, 3.8) is 0 Å². The van der Waals surface area contributed by atoms with Gasteiger partial charge in [0.2, 0.25) is 0 Å². The Morgan fingerprint density at radius 2 is 1.81 bits per heavy atom. The number of carbonyl (C=O) groups is 2. The van der Waals surface area contributed by atoms with Gasteiger partial charge in [0, 0.05) is 13.1 Å². The molecule has 0 unspecified atom stereocenters. The number of pyridine rings is 1. The van der Waals surface area contributed by atoms with E-state index in [0.29, 0.717) is 24.4 Å². The van der Waals surface area contributed by atoms with Crippen molar-refractivity contribution in [1.82, 2.24) is 25.2 Å². The predicted octanol–water partition coefficient (Wildman–Crippen LogP) is 2.60. The Kier molecular flexibility index (Phi) is 5.35. The number of aryl methyl sites for hydroxylation is 1. The molecule has 0 aliphatic carbocycles. The van der Waals surface area contributed by atoms with Crippen LogP contribution in [0.5, 0.6) is 0 Å². The zero-order valence-electron chi connectivity index (χ0n) is 15.5. The first-order valence-corrected chi connectivity index (χ1v) is 8.83. The van der Waals surface area contributed by atoms with E-state index in [4.69, 9.17) is 0 Å². The minimum atomic E-state index is -0.396. The highest BCUT2D eigenvalue weighted by atomic mass is 16.2. The van der Waals surface area contributed by atoms with Crippen molar-refractivity contribution < 1.29 is 9.59 Å². The second-order valence-electron chi connectivity index (χ2n) is 5.99. The molecule has 0 bridgehead atoms. The average Bonchev–Trinajstić information content (AvgIpc) is 3.03. The first kappa shape index (κ1) is 18.4. The number of carbonyl (C=O) groups excluding carboxylic acids is 2. The van der Waals surface area contributed by atoms with Crippen LogP contribution in [0.3, 0.4) is 0 Å². The van der Waals surface area contributed by atoms with Crippen LogP contribution in [0.15, 0.2) is 36.4 Å². The zero-order valence-corrected chi connectivity index (χ0v) is 15.5. The summed E-state index contributed by atoms with van der Waals surface area (Å²) in [6, 6.07) is 11.2. The van der Waals surface area contributed by atoms with Crippen molar-refractivity contribution >= 4 is 23.5 Å². The molecular formula is C19H22N6O2. The molecule has 2 heterocycles. The van der Waals surface area contributed by atoms with Gasteiger partial charge in [0.15, 0.2) is 5.65 Å². The predicted molar refractivity (Wildman–Crippen MR) is 104 cm³/mol. The average molecular weight is 366 g/mol. The Hall–Kier alpha value is -3.42. The Morgan fingerprint density at radius 1 is 1.07 bits per heavy atom. The summed E-state index contributed by atoms with van der Waals surface area (Å²) >= 11 is 0. The third-order valence-corrected chi connectivity index (χ3v) is 4.03. The molecule has 0 atom stereocenters. The van der Waals surface area contributed by atoms with Gasteiger partial charge in [-0.3, -0.25) is 10.1 Å². The first-order valence-electron chi connectivity index (χ1n) is 8.83. The smallest absolute Gasteiger partial charge is 0.321 e. The summed E-state index contributed by atoms with van der Waals surface area (Å²) in [5.74, 6) is -0.124. The van der Waals surface area contributed by atoms with Gasteiger partial charge in [-0.25, -0.2) is 9.31 Å². The van der Waals surface area contributed by atoms with E-state index >= 15 is 0 Å². The molecule has 0 fully saturated rings. The summed E-state index contributed by atoms with van der Waals surface area (Å²) in [7, 11) is 0. The molecule has 2 aromatic heterocycles. The normalized spacial score (nSPS) is 10.6. The molecule has 3 aromatic rings. The lowest BCUT2D eigenvalue weighted by Crippen LogP contribution is -2.28. The number of nitrogens with one attached hydrogen (secondary N) is 3. The molecule has 27 heavy (non-hydrogen) atoms. The number of aromatic nitrogens is 3. The summed E-state index contributed by atoms with van der Waals surface area (Å²) in [5, 5.41) is 12.3. The van der Waals surface area contributed by atoms with Gasteiger partial charge < -0.3 is 10.6 Å². The molecule has 140 valence electrons. The van der Waals surface area contributed by atoms with E-state index in [2.05, 4.69) is 26.0 Å². The van der Waals surface area contributed by atoms with Crippen LogP contribution in [0, 0.1) is 6.92 Å². The fourth-order valence-electron chi connectivity index (χ4n) is 2.81. The van der Waals surface area contributed by atoms with Crippen LogP contribution < -0.4 is 16.0 Å². The van der Waals surface area contributed by atoms with Crippen molar-refractivity contribution in [3.05, 3.63) is 47.7 Å². The molecule has 1 aromatic carbocycles. The maximum absolute atomic E-state index is 12.6. The molecule has 3 N–H and O–H groups in total. The molecule has 0 saturated carbocycles. The number of nitrogens with zero attached hydrogens (tertiary/aromatic N) is 3. The van der Waals surface area contributed by atoms with Crippen LogP contribution in [-0.2, 0) is 0 Å². The lowest BCUT2D eigenvalue weighted by Gasteiger charge is -2.10. The highest BCUT2D eigenvalue weighted by Crippen LogP contribution is 2.26. The Balaban J connectivity index is 2.12. The number of anilines is 1. The third-order valence-electron chi connectivity index (χ3n) is 4.03. The summed E-state index contributed by atoms with van der Waals surface area (Å²) in [6.07, 6.45) is 0. The summed E-state index contributed by atoms with van der Waals surface area (Å²) in [6.45, 7) is 6.66. The molecule has 8 nitrogen and oxygen atoms in total. The van der Waals surface area contributed by atoms with Crippen molar-refractivity contribution in [1.29, 1.82) is 0 Å². The highest BCUT2D eigenvalue weighted by Gasteiger charge is 2.17. The van der Waals surface area contributed by atoms with Gasteiger partial charge in [0.1, 0.15) is 5.69 Å². The van der Waals surface area contributed by atoms with Crippen LogP contribution in [0.4, 0.5) is 10.7 Å². The SMILES string of the molecule is CCNC(=O)Nc1nc2cc(-c3ccccc3C)cc(C(=O)NCC)n2n1. The van der Waals surface area contributed by atoms with Gasteiger partial charge in [-0.1, -0.05) is 24.3 Å². The second kappa shape index (κ2) is 7.86. The number of fused-ring (bicyclic) bond motifs is 1. The largest absolute Gasteiger partial charge is 0.351 e. The summed E-state index contributed by atoms with van der Waals surface area (Å²) in [4.78, 5) is 28.7. The monoisotopic (exact) mass is 366 g/mol. The van der Waals surface area contributed by atoms with Crippen molar-refractivity contribution in [2.45, 2.75) is 20.8 Å². The third kappa shape index (κ3) is 3.89. The highest BCUT2D eigenvalue weighted by molar-refractivity contribution is 5.95. The number of hydrogen-bond donors (Lipinski definition) is 3. The van der Waals surface area contributed by atoms with Crippen LogP contribution in [0.1, 0.15) is 29.9 Å². The second-order valence-corrected chi connectivity index (χ2v) is 5.99. The fraction of sp³-hybridized carbons (Fsp3) is 0.263. The zero-order chi connectivity index (χ0) is 19.4. The minimum absolute atomic E-state index is 0.133. The van der Waals surface area contributed by atoms with Crippen LogP contribution in [-0.4, -0.2) is 39.6 Å². The minimum Gasteiger partial charge on any atom is -0.351 e. The number of urea groups is 1. The Bertz CT molecular complexity index is 995. The quantitative estimate of drug-likeness (QED) is 0.646. The van der Waals surface area contributed by atoms with Crippen LogP contribution in [0.25, 0.3) is 16.8 Å².